The second-order valence-corrected chi connectivity index (χ2v) is 5.67. The molecule has 1 unspecified atom stereocenters. The van der Waals surface area contributed by atoms with Crippen LogP contribution in [0.1, 0.15) is 26.2 Å². The average molecular weight is 276 g/mol. The third kappa shape index (κ3) is 5.51. The van der Waals surface area contributed by atoms with E-state index in [9.17, 15) is 0 Å². The Hall–Kier alpha value is -1.06. The lowest BCUT2D eigenvalue weighted by Crippen LogP contribution is -2.40. The van der Waals surface area contributed by atoms with Gasteiger partial charge in [0.2, 0.25) is 0 Å². The highest BCUT2D eigenvalue weighted by Crippen LogP contribution is 2.12. The Bertz CT molecular complexity index is 349. The summed E-state index contributed by atoms with van der Waals surface area (Å²) in [5, 5.41) is 3.51. The molecule has 3 nitrogen and oxygen atoms in total. The normalized spacial score (nSPS) is 19.2. The van der Waals surface area contributed by atoms with Crippen molar-refractivity contribution in [2.24, 2.45) is 5.92 Å². The number of benzene rings is 1. The summed E-state index contributed by atoms with van der Waals surface area (Å²) in [5.74, 6) is 1.79. The van der Waals surface area contributed by atoms with Crippen molar-refractivity contribution >= 4 is 0 Å². The van der Waals surface area contributed by atoms with Crippen molar-refractivity contribution in [3.05, 3.63) is 30.3 Å². The van der Waals surface area contributed by atoms with E-state index in [-0.39, 0.29) is 0 Å². The van der Waals surface area contributed by atoms with Gasteiger partial charge in [-0.2, -0.15) is 0 Å². The summed E-state index contributed by atoms with van der Waals surface area (Å²) in [5.41, 5.74) is 0. The quantitative estimate of drug-likeness (QED) is 0.790. The first-order valence-corrected chi connectivity index (χ1v) is 7.99. The Morgan fingerprint density at radius 2 is 2.10 bits per heavy atom. The van der Waals surface area contributed by atoms with Crippen molar-refractivity contribution in [3.63, 3.8) is 0 Å². The number of ether oxygens (including phenoxy) is 1. The third-order valence-electron chi connectivity index (χ3n) is 3.87. The lowest BCUT2D eigenvalue weighted by Gasteiger charge is -2.29. The third-order valence-corrected chi connectivity index (χ3v) is 3.87. The summed E-state index contributed by atoms with van der Waals surface area (Å²) in [6.07, 6.45) is 3.91. The molecule has 1 aromatic rings. The molecular weight excluding hydrogens is 248 g/mol. The minimum atomic E-state index is 0.782. The Morgan fingerprint density at radius 1 is 1.25 bits per heavy atom. The predicted octanol–water partition coefficient (Wildman–Crippen LogP) is 2.78. The zero-order valence-corrected chi connectivity index (χ0v) is 12.7. The zero-order chi connectivity index (χ0) is 14.0. The predicted molar refractivity (Wildman–Crippen MR) is 84.3 cm³/mol. The Morgan fingerprint density at radius 3 is 2.80 bits per heavy atom. The van der Waals surface area contributed by atoms with Gasteiger partial charge in [-0.25, -0.2) is 0 Å². The smallest absolute Gasteiger partial charge is 0.119 e. The van der Waals surface area contributed by atoms with Gasteiger partial charge in [-0.05, 0) is 56.9 Å². The molecule has 0 aromatic heterocycles. The van der Waals surface area contributed by atoms with Crippen LogP contribution in [0.5, 0.6) is 5.75 Å². The number of hydrogen-bond donors (Lipinski definition) is 1. The lowest BCUT2D eigenvalue weighted by atomic mass is 9.99. The fraction of sp³-hybridized carbons (Fsp3) is 0.647. The molecule has 1 N–H and O–H groups in total. The molecule has 112 valence electrons. The van der Waals surface area contributed by atoms with Crippen molar-refractivity contribution in [2.45, 2.75) is 26.2 Å². The standard InChI is InChI=1S/C17H28N2O/c1-2-11-19(15-16-7-6-10-18-14-16)12-13-20-17-8-4-3-5-9-17/h3-5,8-9,16,18H,2,6-7,10-15H2,1H3. The van der Waals surface area contributed by atoms with Crippen LogP contribution in [0.2, 0.25) is 0 Å². The van der Waals surface area contributed by atoms with Gasteiger partial charge in [-0.15, -0.1) is 0 Å². The van der Waals surface area contributed by atoms with E-state index in [4.69, 9.17) is 4.74 Å². The molecule has 1 saturated heterocycles. The van der Waals surface area contributed by atoms with Crippen LogP contribution < -0.4 is 10.1 Å². The van der Waals surface area contributed by atoms with Gasteiger partial charge in [-0.1, -0.05) is 25.1 Å². The van der Waals surface area contributed by atoms with Gasteiger partial charge < -0.3 is 10.1 Å². The Labute approximate surface area is 123 Å². The average Bonchev–Trinajstić information content (AvgIpc) is 2.49. The van der Waals surface area contributed by atoms with E-state index in [1.807, 2.05) is 30.3 Å². The van der Waals surface area contributed by atoms with E-state index in [1.54, 1.807) is 0 Å². The summed E-state index contributed by atoms with van der Waals surface area (Å²) in [4.78, 5) is 2.56. The van der Waals surface area contributed by atoms with Gasteiger partial charge in [0.25, 0.3) is 0 Å². The molecule has 0 spiro atoms. The molecule has 3 heteroatoms. The van der Waals surface area contributed by atoms with E-state index in [1.165, 1.54) is 45.4 Å². The van der Waals surface area contributed by atoms with Gasteiger partial charge >= 0.3 is 0 Å². The van der Waals surface area contributed by atoms with Gasteiger partial charge in [0.15, 0.2) is 0 Å². The van der Waals surface area contributed by atoms with Crippen LogP contribution in [0.25, 0.3) is 0 Å². The van der Waals surface area contributed by atoms with E-state index in [0.717, 1.165) is 24.8 Å². The molecule has 1 aliphatic rings. The maximum atomic E-state index is 5.81. The first-order chi connectivity index (χ1) is 9.88. The largest absolute Gasteiger partial charge is 0.492 e. The highest BCUT2D eigenvalue weighted by molar-refractivity contribution is 5.20. The molecule has 0 saturated carbocycles. The first kappa shape index (κ1) is 15.3. The number of hydrogen-bond acceptors (Lipinski definition) is 3. The molecule has 2 rings (SSSR count). The van der Waals surface area contributed by atoms with Crippen LogP contribution in [0.3, 0.4) is 0 Å². The summed E-state index contributed by atoms with van der Waals surface area (Å²) in [7, 11) is 0. The van der Waals surface area contributed by atoms with Gasteiger partial charge in [-0.3, -0.25) is 4.90 Å². The number of rotatable bonds is 8. The highest BCUT2D eigenvalue weighted by Gasteiger charge is 2.16. The van der Waals surface area contributed by atoms with Crippen molar-refractivity contribution in [1.29, 1.82) is 0 Å². The first-order valence-electron chi connectivity index (χ1n) is 7.99. The zero-order valence-electron chi connectivity index (χ0n) is 12.7. The van der Waals surface area contributed by atoms with E-state index in [2.05, 4.69) is 17.1 Å². The summed E-state index contributed by atoms with van der Waals surface area (Å²) >= 11 is 0. The Kier molecular flexibility index (Phi) is 6.89. The van der Waals surface area contributed by atoms with Crippen molar-refractivity contribution in [2.75, 3.05) is 39.3 Å². The molecule has 1 heterocycles. The van der Waals surface area contributed by atoms with Crippen LogP contribution in [0.15, 0.2) is 30.3 Å². The molecule has 0 aliphatic carbocycles. The molecule has 1 fully saturated rings. The molecule has 1 aliphatic heterocycles. The lowest BCUT2D eigenvalue weighted by molar-refractivity contribution is 0.173. The number of piperidine rings is 1. The van der Waals surface area contributed by atoms with E-state index >= 15 is 0 Å². The number of nitrogens with zero attached hydrogens (tertiary/aromatic N) is 1. The van der Waals surface area contributed by atoms with Crippen LogP contribution in [-0.2, 0) is 0 Å². The molecule has 1 atom stereocenters. The van der Waals surface area contributed by atoms with Crippen molar-refractivity contribution in [1.82, 2.24) is 10.2 Å². The minimum absolute atomic E-state index is 0.782. The molecular formula is C17H28N2O. The van der Waals surface area contributed by atoms with Gasteiger partial charge in [0.05, 0.1) is 0 Å². The summed E-state index contributed by atoms with van der Waals surface area (Å²) < 4.78 is 5.81. The molecule has 0 bridgehead atoms. The molecule has 0 radical (unpaired) electrons. The van der Waals surface area contributed by atoms with Crippen LogP contribution >= 0.6 is 0 Å². The van der Waals surface area contributed by atoms with E-state index in [0.29, 0.717) is 0 Å². The van der Waals surface area contributed by atoms with Crippen LogP contribution in [0, 0.1) is 5.92 Å². The fourth-order valence-corrected chi connectivity index (χ4v) is 2.86. The second kappa shape index (κ2) is 8.98. The minimum Gasteiger partial charge on any atom is -0.492 e. The SMILES string of the molecule is CCCN(CCOc1ccccc1)CC1CCCNC1. The van der Waals surface area contributed by atoms with Gasteiger partial charge in [0.1, 0.15) is 12.4 Å². The maximum absolute atomic E-state index is 5.81. The Balaban J connectivity index is 1.71. The topological polar surface area (TPSA) is 24.5 Å². The summed E-state index contributed by atoms with van der Waals surface area (Å²) in [6, 6.07) is 10.1. The second-order valence-electron chi connectivity index (χ2n) is 5.67. The molecule has 0 amide bonds. The number of para-hydroxylation sites is 1. The van der Waals surface area contributed by atoms with Crippen molar-refractivity contribution in [3.8, 4) is 5.75 Å². The van der Waals surface area contributed by atoms with Crippen LogP contribution in [0.4, 0.5) is 0 Å². The molecule has 20 heavy (non-hydrogen) atoms. The summed E-state index contributed by atoms with van der Waals surface area (Å²) in [6.45, 7) is 8.82. The monoisotopic (exact) mass is 276 g/mol. The van der Waals surface area contributed by atoms with Crippen molar-refractivity contribution < 1.29 is 4.74 Å². The maximum Gasteiger partial charge on any atom is 0.119 e. The van der Waals surface area contributed by atoms with Gasteiger partial charge in [0, 0.05) is 13.1 Å². The fourth-order valence-electron chi connectivity index (χ4n) is 2.86. The molecule has 1 aromatic carbocycles. The van der Waals surface area contributed by atoms with E-state index < -0.39 is 0 Å². The number of nitrogens with one attached hydrogen (secondary N) is 1. The van der Waals surface area contributed by atoms with Crippen LogP contribution in [-0.4, -0.2) is 44.2 Å². The highest BCUT2D eigenvalue weighted by atomic mass is 16.5.